The number of fused-ring (bicyclic) bond motifs is 1. The third-order valence-electron chi connectivity index (χ3n) is 4.06. The number of thioether (sulfide) groups is 1. The summed E-state index contributed by atoms with van der Waals surface area (Å²) in [5.74, 6) is -0.409. The fraction of sp³-hybridized carbons (Fsp3) is 0.500. The number of imidazole rings is 1. The molecule has 1 aliphatic rings. The summed E-state index contributed by atoms with van der Waals surface area (Å²) in [7, 11) is 0. The van der Waals surface area contributed by atoms with E-state index in [1.165, 1.54) is 18.9 Å². The van der Waals surface area contributed by atoms with Gasteiger partial charge in [-0.05, 0) is 43.8 Å². The van der Waals surface area contributed by atoms with Gasteiger partial charge in [-0.1, -0.05) is 18.0 Å². The van der Waals surface area contributed by atoms with Gasteiger partial charge in [-0.2, -0.15) is 11.8 Å². The van der Waals surface area contributed by atoms with Crippen LogP contribution < -0.4 is 0 Å². The zero-order valence-electron chi connectivity index (χ0n) is 11.2. The second-order valence-electron chi connectivity index (χ2n) is 5.26. The lowest BCUT2D eigenvalue weighted by Crippen LogP contribution is -2.20. The molecule has 2 nitrogen and oxygen atoms in total. The predicted octanol–water partition coefficient (Wildman–Crippen LogP) is 5.34. The molecule has 0 bridgehead atoms. The molecule has 3 rings (SSSR count). The van der Waals surface area contributed by atoms with Crippen LogP contribution in [0.2, 0.25) is 5.02 Å². The van der Waals surface area contributed by atoms with Crippen molar-refractivity contribution in [2.75, 3.05) is 6.26 Å². The van der Waals surface area contributed by atoms with E-state index >= 15 is 0 Å². The second kappa shape index (κ2) is 5.70. The lowest BCUT2D eigenvalue weighted by Gasteiger charge is -2.29. The molecule has 2 unspecified atom stereocenters. The maximum absolute atomic E-state index is 13.5. The summed E-state index contributed by atoms with van der Waals surface area (Å²) in [6, 6.07) is 3.49. The minimum absolute atomic E-state index is 0.150. The van der Waals surface area contributed by atoms with Gasteiger partial charge in [0.2, 0.25) is 0 Å². The Morgan fingerprint density at radius 3 is 3.00 bits per heavy atom. The summed E-state index contributed by atoms with van der Waals surface area (Å²) in [6.45, 7) is 0. The van der Waals surface area contributed by atoms with Crippen LogP contribution in [0.1, 0.15) is 31.7 Å². The summed E-state index contributed by atoms with van der Waals surface area (Å²) in [5, 5.41) is 0.828. The van der Waals surface area contributed by atoms with Crippen LogP contribution in [0.5, 0.6) is 0 Å². The van der Waals surface area contributed by atoms with E-state index in [0.29, 0.717) is 16.1 Å². The van der Waals surface area contributed by atoms with Gasteiger partial charge in [0.15, 0.2) is 4.77 Å². The molecule has 1 aromatic heterocycles. The van der Waals surface area contributed by atoms with Crippen LogP contribution in [0.4, 0.5) is 4.39 Å². The first-order chi connectivity index (χ1) is 9.60. The Morgan fingerprint density at radius 2 is 2.25 bits per heavy atom. The molecule has 0 amide bonds. The molecule has 1 N–H and O–H groups in total. The molecule has 2 atom stereocenters. The third-order valence-corrected chi connectivity index (χ3v) is 5.74. The van der Waals surface area contributed by atoms with Crippen LogP contribution in [0, 0.1) is 10.6 Å². The minimum Gasteiger partial charge on any atom is -0.330 e. The molecule has 1 heterocycles. The number of nitrogens with zero attached hydrogens (tertiary/aromatic N) is 1. The Bertz CT molecular complexity index is 694. The van der Waals surface area contributed by atoms with Gasteiger partial charge in [0.05, 0.1) is 16.1 Å². The van der Waals surface area contributed by atoms with E-state index in [1.807, 2.05) is 11.8 Å². The van der Waals surface area contributed by atoms with Gasteiger partial charge in [0, 0.05) is 17.4 Å². The highest BCUT2D eigenvalue weighted by atomic mass is 35.5. The molecule has 0 spiro atoms. The lowest BCUT2D eigenvalue weighted by molar-refractivity contribution is 0.365. The number of aromatic amines is 1. The SMILES string of the molecule is CSC1CCCC(n2c(=S)[nH]c3cc(F)c(Cl)cc32)C1. The van der Waals surface area contributed by atoms with E-state index in [1.54, 1.807) is 6.07 Å². The van der Waals surface area contributed by atoms with Crippen molar-refractivity contribution in [3.8, 4) is 0 Å². The zero-order chi connectivity index (χ0) is 14.3. The van der Waals surface area contributed by atoms with Crippen molar-refractivity contribution in [1.29, 1.82) is 0 Å². The van der Waals surface area contributed by atoms with Crippen molar-refractivity contribution in [1.82, 2.24) is 9.55 Å². The van der Waals surface area contributed by atoms with E-state index in [0.717, 1.165) is 23.9 Å². The molecule has 2 aromatic rings. The van der Waals surface area contributed by atoms with Crippen molar-refractivity contribution in [3.63, 3.8) is 0 Å². The van der Waals surface area contributed by atoms with Gasteiger partial charge in [0.25, 0.3) is 0 Å². The van der Waals surface area contributed by atoms with Crippen LogP contribution in [0.25, 0.3) is 11.0 Å². The molecule has 0 saturated heterocycles. The number of aromatic nitrogens is 2. The van der Waals surface area contributed by atoms with Crippen molar-refractivity contribution in [3.05, 3.63) is 27.7 Å². The number of hydrogen-bond donors (Lipinski definition) is 1. The fourth-order valence-corrected chi connectivity index (χ4v) is 4.38. The molecular formula is C14H16ClFN2S2. The van der Waals surface area contributed by atoms with E-state index in [2.05, 4.69) is 15.8 Å². The smallest absolute Gasteiger partial charge is 0.178 e. The molecule has 20 heavy (non-hydrogen) atoms. The maximum atomic E-state index is 13.5. The number of hydrogen-bond acceptors (Lipinski definition) is 2. The van der Waals surface area contributed by atoms with E-state index in [4.69, 9.17) is 23.8 Å². The molecule has 1 saturated carbocycles. The number of nitrogens with one attached hydrogen (secondary N) is 1. The summed E-state index contributed by atoms with van der Waals surface area (Å²) < 4.78 is 16.3. The van der Waals surface area contributed by atoms with E-state index < -0.39 is 5.82 Å². The van der Waals surface area contributed by atoms with Gasteiger partial charge < -0.3 is 9.55 Å². The normalized spacial score (nSPS) is 23.4. The Labute approximate surface area is 131 Å². The summed E-state index contributed by atoms with van der Waals surface area (Å²) in [5.41, 5.74) is 1.64. The van der Waals surface area contributed by atoms with Crippen LogP contribution in [-0.2, 0) is 0 Å². The second-order valence-corrected chi connectivity index (χ2v) is 7.19. The molecule has 0 aliphatic heterocycles. The van der Waals surface area contributed by atoms with Crippen LogP contribution in [0.3, 0.4) is 0 Å². The highest BCUT2D eigenvalue weighted by Crippen LogP contribution is 2.36. The Kier molecular flexibility index (Phi) is 4.11. The number of halogens is 2. The molecule has 1 aromatic carbocycles. The van der Waals surface area contributed by atoms with Crippen LogP contribution in [-0.4, -0.2) is 21.1 Å². The average molecular weight is 331 g/mol. The lowest BCUT2D eigenvalue weighted by atomic mass is 9.94. The largest absolute Gasteiger partial charge is 0.330 e. The Morgan fingerprint density at radius 1 is 1.45 bits per heavy atom. The van der Waals surface area contributed by atoms with Crippen LogP contribution in [0.15, 0.2) is 12.1 Å². The standard InChI is InChI=1S/C14H16ClFN2S2/c1-20-9-4-2-3-8(5-9)18-13-6-10(15)11(16)7-12(13)17-14(18)19/h6-9H,2-5H2,1H3,(H,17,19). The topological polar surface area (TPSA) is 20.7 Å². The Balaban J connectivity index is 2.08. The predicted molar refractivity (Wildman–Crippen MR) is 86.9 cm³/mol. The Hall–Kier alpha value is -0.520. The van der Waals surface area contributed by atoms with Crippen LogP contribution >= 0.6 is 35.6 Å². The van der Waals surface area contributed by atoms with Gasteiger partial charge >= 0.3 is 0 Å². The van der Waals surface area contributed by atoms with E-state index in [-0.39, 0.29) is 5.02 Å². The van der Waals surface area contributed by atoms with Crippen molar-refractivity contribution >= 4 is 46.6 Å². The zero-order valence-corrected chi connectivity index (χ0v) is 13.5. The third kappa shape index (κ3) is 2.51. The van der Waals surface area contributed by atoms with Gasteiger partial charge in [0.1, 0.15) is 5.82 Å². The highest BCUT2D eigenvalue weighted by molar-refractivity contribution is 7.99. The highest BCUT2D eigenvalue weighted by Gasteiger charge is 2.24. The molecule has 1 aliphatic carbocycles. The summed E-state index contributed by atoms with van der Waals surface area (Å²) in [6.07, 6.45) is 6.86. The maximum Gasteiger partial charge on any atom is 0.178 e. The van der Waals surface area contributed by atoms with Crippen molar-refractivity contribution < 1.29 is 4.39 Å². The number of rotatable bonds is 2. The van der Waals surface area contributed by atoms with Gasteiger partial charge in [-0.3, -0.25) is 0 Å². The fourth-order valence-electron chi connectivity index (χ4n) is 3.05. The number of H-pyrrole nitrogens is 1. The average Bonchev–Trinajstić information content (AvgIpc) is 2.74. The summed E-state index contributed by atoms with van der Waals surface area (Å²) in [4.78, 5) is 3.10. The van der Waals surface area contributed by atoms with Gasteiger partial charge in [-0.25, -0.2) is 4.39 Å². The van der Waals surface area contributed by atoms with Crippen molar-refractivity contribution in [2.24, 2.45) is 0 Å². The minimum atomic E-state index is -0.409. The van der Waals surface area contributed by atoms with Gasteiger partial charge in [-0.15, -0.1) is 0 Å². The first-order valence-corrected chi connectivity index (χ1v) is 8.79. The first-order valence-electron chi connectivity index (χ1n) is 6.72. The summed E-state index contributed by atoms with van der Waals surface area (Å²) >= 11 is 13.3. The monoisotopic (exact) mass is 330 g/mol. The molecule has 0 radical (unpaired) electrons. The molecule has 1 fully saturated rings. The molecule has 108 valence electrons. The molecular weight excluding hydrogens is 315 g/mol. The molecule has 6 heteroatoms. The van der Waals surface area contributed by atoms with E-state index in [9.17, 15) is 4.39 Å². The van der Waals surface area contributed by atoms with Crippen molar-refractivity contribution in [2.45, 2.75) is 37.0 Å². The first kappa shape index (κ1) is 14.4. The quantitative estimate of drug-likeness (QED) is 0.750. The number of benzene rings is 1.